The zero-order chi connectivity index (χ0) is 20.4. The first-order chi connectivity index (χ1) is 14.1. The van der Waals surface area contributed by atoms with Gasteiger partial charge in [0.2, 0.25) is 0 Å². The van der Waals surface area contributed by atoms with Crippen LogP contribution in [0.15, 0.2) is 36.4 Å². The molecule has 1 amide bonds. The van der Waals surface area contributed by atoms with Crippen LogP contribution in [0.5, 0.6) is 5.75 Å². The highest BCUT2D eigenvalue weighted by Crippen LogP contribution is 2.49. The van der Waals surface area contributed by atoms with E-state index in [2.05, 4.69) is 13.0 Å². The molecular weight excluding hydrogens is 366 g/mol. The van der Waals surface area contributed by atoms with Crippen LogP contribution in [-0.2, 0) is 26.6 Å². The molecule has 2 heterocycles. The number of hydrogen-bond acceptors (Lipinski definition) is 4. The molecule has 4 rings (SSSR count). The first-order valence-electron chi connectivity index (χ1n) is 10.5. The molecule has 0 aromatic heterocycles. The van der Waals surface area contributed by atoms with E-state index in [9.17, 15) is 4.79 Å². The molecule has 0 N–H and O–H groups in total. The predicted molar refractivity (Wildman–Crippen MR) is 112 cm³/mol. The summed E-state index contributed by atoms with van der Waals surface area (Å²) >= 11 is 0. The van der Waals surface area contributed by atoms with Crippen molar-refractivity contribution in [1.82, 2.24) is 0 Å². The summed E-state index contributed by atoms with van der Waals surface area (Å²) in [6.07, 6.45) is 3.43. The minimum absolute atomic E-state index is 0.137. The molecule has 0 aliphatic carbocycles. The number of unbranched alkanes of at least 4 members (excludes halogenated alkanes) is 2. The van der Waals surface area contributed by atoms with Crippen molar-refractivity contribution in [2.45, 2.75) is 52.4 Å². The normalized spacial score (nSPS) is 17.2. The second kappa shape index (κ2) is 8.17. The lowest BCUT2D eigenvalue weighted by atomic mass is 9.98. The molecule has 5 heteroatoms. The molecule has 2 aliphatic rings. The molecule has 2 aromatic carbocycles. The van der Waals surface area contributed by atoms with Gasteiger partial charge in [0.1, 0.15) is 5.75 Å². The maximum Gasteiger partial charge on any atom is 0.292 e. The van der Waals surface area contributed by atoms with E-state index in [-0.39, 0.29) is 5.91 Å². The van der Waals surface area contributed by atoms with Gasteiger partial charge in [-0.2, -0.15) is 0 Å². The number of rotatable bonds is 7. The van der Waals surface area contributed by atoms with Crippen molar-refractivity contribution in [2.24, 2.45) is 0 Å². The molecule has 154 valence electrons. The van der Waals surface area contributed by atoms with Crippen molar-refractivity contribution in [1.29, 1.82) is 0 Å². The van der Waals surface area contributed by atoms with Crippen LogP contribution in [0.4, 0.5) is 5.69 Å². The molecule has 0 saturated carbocycles. The molecule has 0 atom stereocenters. The monoisotopic (exact) mass is 395 g/mol. The van der Waals surface area contributed by atoms with Crippen molar-refractivity contribution in [2.75, 3.05) is 24.7 Å². The topological polar surface area (TPSA) is 48.0 Å². The Bertz CT molecular complexity index is 884. The van der Waals surface area contributed by atoms with Gasteiger partial charge in [-0.25, -0.2) is 0 Å². The third-order valence-corrected chi connectivity index (χ3v) is 5.69. The lowest BCUT2D eigenvalue weighted by Gasteiger charge is -2.22. The summed E-state index contributed by atoms with van der Waals surface area (Å²) in [5.74, 6) is -0.556. The number of amides is 1. The van der Waals surface area contributed by atoms with E-state index in [1.165, 1.54) is 12.8 Å². The summed E-state index contributed by atoms with van der Waals surface area (Å²) in [6.45, 7) is 8.28. The fourth-order valence-electron chi connectivity index (χ4n) is 4.19. The number of fused-ring (bicyclic) bond motifs is 2. The average molecular weight is 395 g/mol. The molecule has 0 bridgehead atoms. The van der Waals surface area contributed by atoms with Gasteiger partial charge in [0.15, 0.2) is 0 Å². The molecule has 1 fully saturated rings. The third-order valence-electron chi connectivity index (χ3n) is 5.69. The largest absolute Gasteiger partial charge is 0.494 e. The summed E-state index contributed by atoms with van der Waals surface area (Å²) in [5, 5.41) is 0. The van der Waals surface area contributed by atoms with Crippen LogP contribution in [-0.4, -0.2) is 25.7 Å². The molecule has 0 radical (unpaired) electrons. The fourth-order valence-corrected chi connectivity index (χ4v) is 4.19. The van der Waals surface area contributed by atoms with Crippen molar-refractivity contribution >= 4 is 11.6 Å². The Balaban J connectivity index is 1.57. The first-order valence-corrected chi connectivity index (χ1v) is 10.5. The Morgan fingerprint density at radius 3 is 2.38 bits per heavy atom. The number of anilines is 1. The van der Waals surface area contributed by atoms with Crippen LogP contribution in [0.2, 0.25) is 0 Å². The summed E-state index contributed by atoms with van der Waals surface area (Å²) in [5.41, 5.74) is 4.87. The van der Waals surface area contributed by atoms with Crippen LogP contribution in [0.3, 0.4) is 0 Å². The first kappa shape index (κ1) is 19.9. The maximum atomic E-state index is 13.4. The van der Waals surface area contributed by atoms with Gasteiger partial charge >= 0.3 is 0 Å². The average Bonchev–Trinajstić information content (AvgIpc) is 3.30. The van der Waals surface area contributed by atoms with Gasteiger partial charge < -0.3 is 19.1 Å². The molecule has 1 saturated heterocycles. The van der Waals surface area contributed by atoms with Gasteiger partial charge in [0, 0.05) is 5.56 Å². The number of hydrogen-bond donors (Lipinski definition) is 0. The van der Waals surface area contributed by atoms with E-state index in [1.54, 1.807) is 4.90 Å². The molecule has 29 heavy (non-hydrogen) atoms. The Kier molecular flexibility index (Phi) is 5.61. The fraction of sp³-hybridized carbons (Fsp3) is 0.458. The molecule has 1 spiro atoms. The van der Waals surface area contributed by atoms with Crippen LogP contribution in [0.25, 0.3) is 0 Å². The van der Waals surface area contributed by atoms with E-state index in [1.807, 2.05) is 44.2 Å². The van der Waals surface area contributed by atoms with Crippen LogP contribution in [0, 0.1) is 13.8 Å². The number of carbonyl (C=O) groups excluding carboxylic acids is 1. The van der Waals surface area contributed by atoms with Gasteiger partial charge in [-0.1, -0.05) is 44.0 Å². The van der Waals surface area contributed by atoms with E-state index in [0.29, 0.717) is 19.8 Å². The van der Waals surface area contributed by atoms with Gasteiger partial charge in [-0.05, 0) is 49.1 Å². The van der Waals surface area contributed by atoms with Crippen molar-refractivity contribution in [3.8, 4) is 5.75 Å². The van der Waals surface area contributed by atoms with E-state index >= 15 is 0 Å². The number of benzene rings is 2. The summed E-state index contributed by atoms with van der Waals surface area (Å²) in [6, 6.07) is 12.1. The van der Waals surface area contributed by atoms with Gasteiger partial charge in [0.05, 0.1) is 32.1 Å². The molecule has 2 aliphatic heterocycles. The van der Waals surface area contributed by atoms with E-state index in [4.69, 9.17) is 14.2 Å². The zero-order valence-corrected chi connectivity index (χ0v) is 17.5. The van der Waals surface area contributed by atoms with E-state index in [0.717, 1.165) is 46.7 Å². The van der Waals surface area contributed by atoms with Gasteiger partial charge in [0.25, 0.3) is 11.7 Å². The zero-order valence-electron chi connectivity index (χ0n) is 17.5. The van der Waals surface area contributed by atoms with E-state index < -0.39 is 5.79 Å². The van der Waals surface area contributed by atoms with Crippen molar-refractivity contribution in [3.05, 3.63) is 58.7 Å². The smallest absolute Gasteiger partial charge is 0.292 e. The summed E-state index contributed by atoms with van der Waals surface area (Å²) in [4.78, 5) is 15.2. The predicted octanol–water partition coefficient (Wildman–Crippen LogP) is 4.62. The Labute approximate surface area is 172 Å². The molecular formula is C24H29NO4. The second-order valence-corrected chi connectivity index (χ2v) is 7.83. The minimum atomic E-state index is -1.28. The standard InChI is InChI=1S/C24H29NO4/c1-4-5-6-13-27-20-11-9-19(10-12-20)16-25-22-18(3)8-7-17(2)21(22)24(23(25)26)28-14-15-29-24/h7-12H,4-6,13-16H2,1-3H3. The number of ether oxygens (including phenoxy) is 3. The summed E-state index contributed by atoms with van der Waals surface area (Å²) in [7, 11) is 0. The lowest BCUT2D eigenvalue weighted by Crippen LogP contribution is -2.41. The summed E-state index contributed by atoms with van der Waals surface area (Å²) < 4.78 is 17.6. The van der Waals surface area contributed by atoms with Crippen molar-refractivity contribution in [3.63, 3.8) is 0 Å². The van der Waals surface area contributed by atoms with Crippen molar-refractivity contribution < 1.29 is 19.0 Å². The number of nitrogens with zero attached hydrogens (tertiary/aromatic N) is 1. The quantitative estimate of drug-likeness (QED) is 0.642. The molecule has 5 nitrogen and oxygen atoms in total. The van der Waals surface area contributed by atoms with Crippen LogP contribution >= 0.6 is 0 Å². The van der Waals surface area contributed by atoms with Crippen LogP contribution < -0.4 is 9.64 Å². The minimum Gasteiger partial charge on any atom is -0.494 e. The Hall–Kier alpha value is -2.37. The third kappa shape index (κ3) is 3.53. The SMILES string of the molecule is CCCCCOc1ccc(CN2C(=O)C3(OCCO3)c3c(C)ccc(C)c32)cc1. The van der Waals surface area contributed by atoms with Gasteiger partial charge in [-0.3, -0.25) is 4.79 Å². The molecule has 0 unspecified atom stereocenters. The highest BCUT2D eigenvalue weighted by atomic mass is 16.7. The van der Waals surface area contributed by atoms with Crippen LogP contribution in [0.1, 0.15) is 48.4 Å². The highest BCUT2D eigenvalue weighted by Gasteiger charge is 2.57. The maximum absolute atomic E-state index is 13.4. The number of aryl methyl sites for hydroxylation is 2. The lowest BCUT2D eigenvalue weighted by molar-refractivity contribution is -0.181. The molecule has 2 aromatic rings. The van der Waals surface area contributed by atoms with Gasteiger partial charge in [-0.15, -0.1) is 0 Å². The Morgan fingerprint density at radius 1 is 1.00 bits per heavy atom. The Morgan fingerprint density at radius 2 is 1.69 bits per heavy atom. The second-order valence-electron chi connectivity index (χ2n) is 7.83. The highest BCUT2D eigenvalue weighted by molar-refractivity contribution is 6.07. The number of carbonyl (C=O) groups is 1.